The summed E-state index contributed by atoms with van der Waals surface area (Å²) >= 11 is 1.15. The van der Waals surface area contributed by atoms with E-state index >= 15 is 0 Å². The molecule has 0 saturated carbocycles. The number of benzene rings is 2. The minimum absolute atomic E-state index is 0.113. The number of halogens is 1. The van der Waals surface area contributed by atoms with Crippen molar-refractivity contribution in [1.82, 2.24) is 15.3 Å². The highest BCUT2D eigenvalue weighted by atomic mass is 32.2. The Labute approximate surface area is 153 Å². The summed E-state index contributed by atoms with van der Waals surface area (Å²) in [5.74, 6) is -0.404. The van der Waals surface area contributed by atoms with Gasteiger partial charge in [-0.05, 0) is 17.7 Å². The molecule has 0 atom stereocenters. The predicted molar refractivity (Wildman–Crippen MR) is 99.3 cm³/mol. The lowest BCUT2D eigenvalue weighted by atomic mass is 10.1. The van der Waals surface area contributed by atoms with Crippen LogP contribution in [0.15, 0.2) is 70.6 Å². The summed E-state index contributed by atoms with van der Waals surface area (Å²) in [5, 5.41) is 3.13. The van der Waals surface area contributed by atoms with Gasteiger partial charge in [0, 0.05) is 18.2 Å². The van der Waals surface area contributed by atoms with E-state index in [4.69, 9.17) is 0 Å². The summed E-state index contributed by atoms with van der Waals surface area (Å²) in [5.41, 5.74) is 1.93. The summed E-state index contributed by atoms with van der Waals surface area (Å²) < 4.78 is 12.9. The van der Waals surface area contributed by atoms with Crippen LogP contribution in [0, 0.1) is 5.82 Å². The number of hydrogen-bond acceptors (Lipinski definition) is 4. The fraction of sp³-hybridized carbons (Fsp3) is 0.105. The van der Waals surface area contributed by atoms with Crippen molar-refractivity contribution in [1.29, 1.82) is 0 Å². The zero-order valence-electron chi connectivity index (χ0n) is 13.7. The van der Waals surface area contributed by atoms with E-state index in [0.717, 1.165) is 22.9 Å². The molecule has 0 spiro atoms. The molecule has 5 nitrogen and oxygen atoms in total. The molecule has 0 bridgehead atoms. The second-order valence-corrected chi connectivity index (χ2v) is 6.46. The van der Waals surface area contributed by atoms with E-state index in [-0.39, 0.29) is 23.0 Å². The number of hydrogen-bond donors (Lipinski definition) is 2. The number of carbonyl (C=O) groups excluding carboxylic acids is 1. The maximum atomic E-state index is 12.9. The van der Waals surface area contributed by atoms with Gasteiger partial charge in [0.25, 0.3) is 5.56 Å². The topological polar surface area (TPSA) is 74.8 Å². The van der Waals surface area contributed by atoms with Crippen molar-refractivity contribution in [2.24, 2.45) is 0 Å². The lowest BCUT2D eigenvalue weighted by molar-refractivity contribution is -0.118. The molecule has 0 unspecified atom stereocenters. The average molecular weight is 369 g/mol. The molecule has 0 aliphatic carbocycles. The highest BCUT2D eigenvalue weighted by molar-refractivity contribution is 7.99. The van der Waals surface area contributed by atoms with Crippen molar-refractivity contribution < 1.29 is 9.18 Å². The second-order valence-electron chi connectivity index (χ2n) is 5.49. The standard InChI is InChI=1S/C19H16FN3O2S/c20-15-8-6-13(7-9-15)11-21-18(25)12-26-19-22-16(10-17(24)23-19)14-4-2-1-3-5-14/h1-10H,11-12H2,(H,21,25)(H,22,23,24). The van der Waals surface area contributed by atoms with Crippen LogP contribution >= 0.6 is 11.8 Å². The molecule has 132 valence electrons. The maximum Gasteiger partial charge on any atom is 0.252 e. The molecule has 1 heterocycles. The molecule has 1 amide bonds. The molecule has 0 aliphatic rings. The van der Waals surface area contributed by atoms with E-state index in [1.54, 1.807) is 12.1 Å². The Kier molecular flexibility index (Phi) is 5.80. The fourth-order valence-electron chi connectivity index (χ4n) is 2.25. The highest BCUT2D eigenvalue weighted by Crippen LogP contribution is 2.18. The van der Waals surface area contributed by atoms with Crippen LogP contribution in [0.4, 0.5) is 4.39 Å². The third-order valence-electron chi connectivity index (χ3n) is 3.53. The largest absolute Gasteiger partial charge is 0.351 e. The van der Waals surface area contributed by atoms with Crippen molar-refractivity contribution >= 4 is 17.7 Å². The maximum absolute atomic E-state index is 12.9. The van der Waals surface area contributed by atoms with Gasteiger partial charge in [0.05, 0.1) is 11.4 Å². The van der Waals surface area contributed by atoms with Crippen LogP contribution in [0.25, 0.3) is 11.3 Å². The molecule has 0 aliphatic heterocycles. The number of aromatic nitrogens is 2. The van der Waals surface area contributed by atoms with Gasteiger partial charge in [-0.15, -0.1) is 0 Å². The number of amides is 1. The zero-order valence-corrected chi connectivity index (χ0v) is 14.6. The normalized spacial score (nSPS) is 10.5. The lowest BCUT2D eigenvalue weighted by Gasteiger charge is -2.06. The first-order chi connectivity index (χ1) is 12.6. The molecule has 2 N–H and O–H groups in total. The summed E-state index contributed by atoms with van der Waals surface area (Å²) in [7, 11) is 0. The Morgan fingerprint density at radius 2 is 1.85 bits per heavy atom. The van der Waals surface area contributed by atoms with Crippen LogP contribution in [-0.2, 0) is 11.3 Å². The van der Waals surface area contributed by atoms with E-state index < -0.39 is 0 Å². The van der Waals surface area contributed by atoms with Gasteiger partial charge < -0.3 is 10.3 Å². The van der Waals surface area contributed by atoms with E-state index in [2.05, 4.69) is 15.3 Å². The molecule has 0 radical (unpaired) electrons. The van der Waals surface area contributed by atoms with E-state index in [9.17, 15) is 14.0 Å². The van der Waals surface area contributed by atoms with Gasteiger partial charge in [0.2, 0.25) is 5.91 Å². The predicted octanol–water partition coefficient (Wildman–Crippen LogP) is 2.98. The van der Waals surface area contributed by atoms with Crippen LogP contribution in [0.1, 0.15) is 5.56 Å². The van der Waals surface area contributed by atoms with Crippen LogP contribution < -0.4 is 10.9 Å². The Bertz CT molecular complexity index is 943. The number of rotatable bonds is 6. The number of carbonyl (C=O) groups is 1. The van der Waals surface area contributed by atoms with Gasteiger partial charge in [-0.3, -0.25) is 9.59 Å². The quantitative estimate of drug-likeness (QED) is 0.517. The number of thioether (sulfide) groups is 1. The first-order valence-corrected chi connectivity index (χ1v) is 8.89. The van der Waals surface area contributed by atoms with Gasteiger partial charge in [0.1, 0.15) is 5.82 Å². The van der Waals surface area contributed by atoms with Crippen molar-refractivity contribution in [2.45, 2.75) is 11.7 Å². The minimum Gasteiger partial charge on any atom is -0.351 e. The average Bonchev–Trinajstić information content (AvgIpc) is 2.66. The molecule has 0 fully saturated rings. The van der Waals surface area contributed by atoms with Crippen LogP contribution in [0.2, 0.25) is 0 Å². The highest BCUT2D eigenvalue weighted by Gasteiger charge is 2.08. The second kappa shape index (κ2) is 8.44. The zero-order chi connectivity index (χ0) is 18.4. The van der Waals surface area contributed by atoms with Gasteiger partial charge in [-0.2, -0.15) is 0 Å². The van der Waals surface area contributed by atoms with E-state index in [1.165, 1.54) is 18.2 Å². The summed E-state index contributed by atoms with van der Waals surface area (Å²) in [6.07, 6.45) is 0. The van der Waals surface area contributed by atoms with Crippen LogP contribution in [0.5, 0.6) is 0 Å². The van der Waals surface area contributed by atoms with Crippen molar-refractivity contribution in [3.63, 3.8) is 0 Å². The first kappa shape index (κ1) is 17.9. The summed E-state index contributed by atoms with van der Waals surface area (Å²) in [4.78, 5) is 30.8. The Morgan fingerprint density at radius 3 is 2.58 bits per heavy atom. The molecule has 26 heavy (non-hydrogen) atoms. The van der Waals surface area contributed by atoms with Crippen molar-refractivity contribution in [3.05, 3.63) is 82.4 Å². The van der Waals surface area contributed by atoms with Gasteiger partial charge in [0.15, 0.2) is 5.16 Å². The third-order valence-corrected chi connectivity index (χ3v) is 4.41. The number of nitrogens with zero attached hydrogens (tertiary/aromatic N) is 1. The Morgan fingerprint density at radius 1 is 1.12 bits per heavy atom. The molecule has 3 aromatic rings. The van der Waals surface area contributed by atoms with Crippen molar-refractivity contribution in [3.8, 4) is 11.3 Å². The molecular weight excluding hydrogens is 353 g/mol. The van der Waals surface area contributed by atoms with Gasteiger partial charge in [-0.1, -0.05) is 54.2 Å². The van der Waals surface area contributed by atoms with Crippen molar-refractivity contribution in [2.75, 3.05) is 5.75 Å². The number of H-pyrrole nitrogens is 1. The summed E-state index contributed by atoms with van der Waals surface area (Å²) in [6, 6.07) is 16.7. The molecule has 7 heteroatoms. The minimum atomic E-state index is -0.316. The summed E-state index contributed by atoms with van der Waals surface area (Å²) in [6.45, 7) is 0.313. The number of aromatic amines is 1. The van der Waals surface area contributed by atoms with E-state index in [1.807, 2.05) is 30.3 Å². The Balaban J connectivity index is 1.59. The lowest BCUT2D eigenvalue weighted by Crippen LogP contribution is -2.24. The smallest absolute Gasteiger partial charge is 0.252 e. The SMILES string of the molecule is O=C(CSc1nc(-c2ccccc2)cc(=O)[nH]1)NCc1ccc(F)cc1. The monoisotopic (exact) mass is 369 g/mol. The van der Waals surface area contributed by atoms with Gasteiger partial charge >= 0.3 is 0 Å². The molecule has 0 saturated heterocycles. The first-order valence-electron chi connectivity index (χ1n) is 7.91. The molecule has 3 rings (SSSR count). The fourth-order valence-corrected chi connectivity index (χ4v) is 2.95. The third kappa shape index (κ3) is 5.03. The molecular formula is C19H16FN3O2S. The van der Waals surface area contributed by atoms with E-state index in [0.29, 0.717) is 17.4 Å². The molecule has 1 aromatic heterocycles. The van der Waals surface area contributed by atoms with Crippen LogP contribution in [-0.4, -0.2) is 21.6 Å². The molecule has 2 aromatic carbocycles. The van der Waals surface area contributed by atoms with Gasteiger partial charge in [-0.25, -0.2) is 9.37 Å². The number of nitrogens with one attached hydrogen (secondary N) is 2. The van der Waals surface area contributed by atoms with Crippen LogP contribution in [0.3, 0.4) is 0 Å². The Hall–Kier alpha value is -2.93.